The maximum absolute atomic E-state index is 13.1. The Morgan fingerprint density at radius 2 is 1.61 bits per heavy atom. The van der Waals surface area contributed by atoms with Crippen LogP contribution in [0.1, 0.15) is 11.1 Å². The van der Waals surface area contributed by atoms with Crippen molar-refractivity contribution in [1.82, 2.24) is 4.23 Å². The van der Waals surface area contributed by atoms with Gasteiger partial charge >= 0.3 is 197 Å². The van der Waals surface area contributed by atoms with E-state index in [0.717, 1.165) is 0 Å². The van der Waals surface area contributed by atoms with Crippen LogP contribution in [0.5, 0.6) is 0 Å². The molecule has 0 aromatic heterocycles. The Balaban J connectivity index is 1.92. The summed E-state index contributed by atoms with van der Waals surface area (Å²) in [6, 6.07) is 21.3. The van der Waals surface area contributed by atoms with Crippen molar-refractivity contribution in [1.29, 1.82) is 5.26 Å². The third-order valence-corrected chi connectivity index (χ3v) is 10.0. The van der Waals surface area contributed by atoms with Gasteiger partial charge in [0.05, 0.1) is 0 Å². The van der Waals surface area contributed by atoms with Crippen LogP contribution in [0.4, 0.5) is 16.2 Å². The van der Waals surface area contributed by atoms with Gasteiger partial charge in [0.25, 0.3) is 0 Å². The molecule has 158 valence electrons. The van der Waals surface area contributed by atoms with Crippen LogP contribution in [-0.2, 0) is 13.9 Å². The van der Waals surface area contributed by atoms with E-state index in [-0.39, 0.29) is 32.7 Å². The number of nitrogens with one attached hydrogen (secondary N) is 1. The standard InChI is InChI=1S/C21H16AsCl2N3O3S/c23-17-10-6-12-19(20(17)24)27(18-11-5-4-9-16(18)13-25)21(28)26-22-31(29,30)14-15-7-2-1-3-8-15/h1-12,22H,14H2,(H,26,28). The van der Waals surface area contributed by atoms with Gasteiger partial charge in [-0.25, -0.2) is 0 Å². The third-order valence-electron chi connectivity index (χ3n) is 4.15. The molecule has 1 unspecified atom stereocenters. The average Bonchev–Trinajstić information content (AvgIpc) is 2.76. The van der Waals surface area contributed by atoms with Crippen molar-refractivity contribution in [3.8, 4) is 6.07 Å². The fourth-order valence-corrected chi connectivity index (χ4v) is 7.38. The summed E-state index contributed by atoms with van der Waals surface area (Å²) in [4.78, 5) is 14.3. The van der Waals surface area contributed by atoms with Crippen LogP contribution in [0.15, 0.2) is 72.8 Å². The minimum absolute atomic E-state index is 0.110. The van der Waals surface area contributed by atoms with Gasteiger partial charge in [-0.1, -0.05) is 0 Å². The molecule has 0 saturated carbocycles. The quantitative estimate of drug-likeness (QED) is 0.467. The molecule has 0 bridgehead atoms. The van der Waals surface area contributed by atoms with Gasteiger partial charge in [0, 0.05) is 0 Å². The molecule has 0 heterocycles. The van der Waals surface area contributed by atoms with Gasteiger partial charge in [-0.2, -0.15) is 0 Å². The molecule has 2 amide bonds. The SMILES string of the molecule is N#Cc1ccccc1N(C(=O)N[AsH]S(=O)(=O)Cc1ccccc1)c1cccc(Cl)c1Cl. The molecule has 10 heteroatoms. The molecular formula is C21H16AsCl2N3O3S. The van der Waals surface area contributed by atoms with E-state index < -0.39 is 29.0 Å². The van der Waals surface area contributed by atoms with E-state index in [4.69, 9.17) is 23.2 Å². The number of para-hydroxylation sites is 1. The number of benzene rings is 3. The fourth-order valence-electron chi connectivity index (χ4n) is 2.78. The zero-order valence-electron chi connectivity index (χ0n) is 15.9. The number of rotatable bonds is 6. The first-order valence-electron chi connectivity index (χ1n) is 8.89. The Morgan fingerprint density at radius 1 is 0.968 bits per heavy atom. The Kier molecular flexibility index (Phi) is 7.63. The molecule has 0 aliphatic rings. The number of carbonyl (C=O) groups is 1. The molecule has 3 aromatic carbocycles. The summed E-state index contributed by atoms with van der Waals surface area (Å²) >= 11 is 10.5. The van der Waals surface area contributed by atoms with Gasteiger partial charge in [0.2, 0.25) is 0 Å². The summed E-state index contributed by atoms with van der Waals surface area (Å²) in [6.07, 6.45) is 0. The van der Waals surface area contributed by atoms with Gasteiger partial charge < -0.3 is 0 Å². The Bertz CT molecular complexity index is 1250. The van der Waals surface area contributed by atoms with Crippen molar-refractivity contribution in [2.45, 2.75) is 5.75 Å². The number of hydrogen-bond donors (Lipinski definition) is 1. The second kappa shape index (κ2) is 10.2. The predicted molar refractivity (Wildman–Crippen MR) is 125 cm³/mol. The summed E-state index contributed by atoms with van der Waals surface area (Å²) in [5.41, 5.74) is 1.37. The van der Waals surface area contributed by atoms with Crippen LogP contribution in [0.3, 0.4) is 0 Å². The molecule has 0 saturated heterocycles. The molecule has 0 aliphatic heterocycles. The number of halogens is 2. The van der Waals surface area contributed by atoms with E-state index in [1.807, 2.05) is 6.07 Å². The van der Waals surface area contributed by atoms with Crippen LogP contribution >= 0.6 is 23.2 Å². The fraction of sp³-hybridized carbons (Fsp3) is 0.0476. The Morgan fingerprint density at radius 3 is 2.32 bits per heavy atom. The number of anilines is 2. The minimum atomic E-state index is -3.52. The topological polar surface area (TPSA) is 90.3 Å². The van der Waals surface area contributed by atoms with Gasteiger partial charge in [-0.05, 0) is 0 Å². The molecule has 3 rings (SSSR count). The summed E-state index contributed by atoms with van der Waals surface area (Å²) in [6.45, 7) is 0. The third kappa shape index (κ3) is 5.81. The van der Waals surface area contributed by atoms with Crippen molar-refractivity contribution in [2.75, 3.05) is 4.90 Å². The van der Waals surface area contributed by atoms with Gasteiger partial charge in [-0.3, -0.25) is 0 Å². The molecule has 0 spiro atoms. The van der Waals surface area contributed by atoms with E-state index in [1.54, 1.807) is 72.8 Å². The van der Waals surface area contributed by atoms with Crippen molar-refractivity contribution in [3.05, 3.63) is 94.0 Å². The zero-order chi connectivity index (χ0) is 22.4. The van der Waals surface area contributed by atoms with Gasteiger partial charge in [0.15, 0.2) is 0 Å². The van der Waals surface area contributed by atoms with Crippen LogP contribution < -0.4 is 9.13 Å². The predicted octanol–water partition coefficient (Wildman–Crippen LogP) is 4.59. The summed E-state index contributed by atoms with van der Waals surface area (Å²) < 4.78 is 27.7. The molecular weight excluding hydrogens is 520 g/mol. The zero-order valence-corrected chi connectivity index (χ0v) is 20.3. The summed E-state index contributed by atoms with van der Waals surface area (Å²) in [5, 5.41) is 9.82. The van der Waals surface area contributed by atoms with E-state index in [2.05, 4.69) is 4.23 Å². The molecule has 3 aromatic rings. The van der Waals surface area contributed by atoms with Gasteiger partial charge in [0.1, 0.15) is 0 Å². The maximum atomic E-state index is 13.1. The van der Waals surface area contributed by atoms with Crippen molar-refractivity contribution in [3.63, 3.8) is 0 Å². The number of urea groups is 1. The van der Waals surface area contributed by atoms with E-state index in [9.17, 15) is 18.5 Å². The molecule has 0 aliphatic carbocycles. The first-order chi connectivity index (χ1) is 14.8. The number of carbonyl (C=O) groups excluding carboxylic acids is 1. The molecule has 0 fully saturated rings. The van der Waals surface area contributed by atoms with E-state index >= 15 is 0 Å². The number of nitriles is 1. The second-order valence-electron chi connectivity index (χ2n) is 6.31. The molecule has 0 radical (unpaired) electrons. The van der Waals surface area contributed by atoms with Crippen LogP contribution in [0.2, 0.25) is 10.0 Å². The van der Waals surface area contributed by atoms with E-state index in [0.29, 0.717) is 5.56 Å². The second-order valence-corrected chi connectivity index (χ2v) is 14.5. The van der Waals surface area contributed by atoms with Gasteiger partial charge in [-0.15, -0.1) is 0 Å². The summed E-state index contributed by atoms with van der Waals surface area (Å²) in [5.74, 6) is -0.166. The molecule has 6 nitrogen and oxygen atoms in total. The average molecular weight is 536 g/mol. The normalized spacial score (nSPS) is 11.3. The number of nitrogens with zero attached hydrogens (tertiary/aromatic N) is 2. The summed E-state index contributed by atoms with van der Waals surface area (Å²) in [7, 11) is -3.52. The first-order valence-corrected chi connectivity index (χ1v) is 14.9. The van der Waals surface area contributed by atoms with Crippen LogP contribution in [0.25, 0.3) is 0 Å². The number of amides is 2. The van der Waals surface area contributed by atoms with Crippen molar-refractivity contribution >= 4 is 63.5 Å². The van der Waals surface area contributed by atoms with Crippen LogP contribution in [-0.4, -0.2) is 29.3 Å². The van der Waals surface area contributed by atoms with Crippen LogP contribution in [0, 0.1) is 11.3 Å². The van der Waals surface area contributed by atoms with Crippen molar-refractivity contribution < 1.29 is 13.2 Å². The first kappa shape index (κ1) is 23.2. The molecule has 1 N–H and O–H groups in total. The molecule has 31 heavy (non-hydrogen) atoms. The Labute approximate surface area is 196 Å². The number of hydrogen-bond acceptors (Lipinski definition) is 4. The monoisotopic (exact) mass is 535 g/mol. The molecule has 1 atom stereocenters. The van der Waals surface area contributed by atoms with E-state index in [1.165, 1.54) is 4.90 Å². The van der Waals surface area contributed by atoms with Crippen molar-refractivity contribution in [2.24, 2.45) is 0 Å². The Hall–Kier alpha value is -2.49.